The lowest BCUT2D eigenvalue weighted by molar-refractivity contribution is 0.998. The molecule has 0 bridgehead atoms. The van der Waals surface area contributed by atoms with E-state index in [0.717, 1.165) is 22.8 Å². The van der Waals surface area contributed by atoms with Gasteiger partial charge in [0.05, 0.1) is 11.4 Å². The number of benzene rings is 1. The van der Waals surface area contributed by atoms with Crippen LogP contribution in [0.1, 0.15) is 17.1 Å². The Morgan fingerprint density at radius 1 is 1.20 bits per heavy atom. The lowest BCUT2D eigenvalue weighted by atomic mass is 10.1. The molecule has 3 heteroatoms. The summed E-state index contributed by atoms with van der Waals surface area (Å²) < 4.78 is 0. The Kier molecular flexibility index (Phi) is 2.56. The number of nitrogens with zero attached hydrogens (tertiary/aromatic N) is 1. The second-order valence-electron chi connectivity index (χ2n) is 3.72. The van der Waals surface area contributed by atoms with Crippen LogP contribution in [0.15, 0.2) is 24.3 Å². The van der Waals surface area contributed by atoms with Gasteiger partial charge in [0.25, 0.3) is 0 Å². The number of imidazole rings is 1. The minimum Gasteiger partial charge on any atom is -0.345 e. The fraction of sp³-hybridized carbons (Fsp3) is 0.250. The van der Waals surface area contributed by atoms with Crippen LogP contribution in [-0.2, 0) is 6.54 Å². The monoisotopic (exact) mass is 201 g/mol. The Hall–Kier alpha value is -1.61. The average Bonchev–Trinajstić information content (AvgIpc) is 2.61. The first-order valence-electron chi connectivity index (χ1n) is 5.03. The zero-order valence-corrected chi connectivity index (χ0v) is 9.04. The van der Waals surface area contributed by atoms with Gasteiger partial charge in [-0.3, -0.25) is 0 Å². The van der Waals surface area contributed by atoms with E-state index in [1.807, 2.05) is 6.92 Å². The van der Waals surface area contributed by atoms with Crippen molar-refractivity contribution in [1.29, 1.82) is 0 Å². The molecule has 1 heterocycles. The van der Waals surface area contributed by atoms with E-state index >= 15 is 0 Å². The molecule has 0 fully saturated rings. The summed E-state index contributed by atoms with van der Waals surface area (Å²) >= 11 is 0. The molecule has 0 spiro atoms. The molecule has 0 amide bonds. The lowest BCUT2D eigenvalue weighted by Gasteiger charge is -2.00. The number of hydrogen-bond donors (Lipinski definition) is 2. The highest BCUT2D eigenvalue weighted by atomic mass is 14.9. The van der Waals surface area contributed by atoms with E-state index in [4.69, 9.17) is 5.73 Å². The minimum atomic E-state index is 0.490. The molecule has 0 atom stereocenters. The van der Waals surface area contributed by atoms with E-state index in [2.05, 4.69) is 41.2 Å². The summed E-state index contributed by atoms with van der Waals surface area (Å²) in [5.74, 6) is 0.908. The van der Waals surface area contributed by atoms with E-state index < -0.39 is 0 Å². The van der Waals surface area contributed by atoms with Gasteiger partial charge in [-0.05, 0) is 13.8 Å². The van der Waals surface area contributed by atoms with Gasteiger partial charge in [0.15, 0.2) is 0 Å². The maximum atomic E-state index is 5.66. The molecule has 2 aromatic rings. The van der Waals surface area contributed by atoms with E-state index in [9.17, 15) is 0 Å². The van der Waals surface area contributed by atoms with Crippen molar-refractivity contribution in [1.82, 2.24) is 9.97 Å². The molecule has 0 saturated heterocycles. The molecular formula is C12H15N3. The van der Waals surface area contributed by atoms with Crippen molar-refractivity contribution in [3.8, 4) is 11.3 Å². The molecule has 3 nitrogen and oxygen atoms in total. The van der Waals surface area contributed by atoms with Crippen molar-refractivity contribution in [2.75, 3.05) is 0 Å². The largest absolute Gasteiger partial charge is 0.345 e. The average molecular weight is 201 g/mol. The van der Waals surface area contributed by atoms with E-state index in [-0.39, 0.29) is 0 Å². The van der Waals surface area contributed by atoms with Gasteiger partial charge in [0.2, 0.25) is 0 Å². The molecule has 0 unspecified atom stereocenters. The van der Waals surface area contributed by atoms with E-state index in [0.29, 0.717) is 6.54 Å². The van der Waals surface area contributed by atoms with Crippen LogP contribution in [-0.4, -0.2) is 9.97 Å². The molecule has 78 valence electrons. The molecule has 0 aliphatic heterocycles. The van der Waals surface area contributed by atoms with Crippen LogP contribution in [0.2, 0.25) is 0 Å². The van der Waals surface area contributed by atoms with Gasteiger partial charge in [0.1, 0.15) is 5.82 Å². The van der Waals surface area contributed by atoms with Gasteiger partial charge in [-0.1, -0.05) is 29.8 Å². The highest BCUT2D eigenvalue weighted by Gasteiger charge is 2.08. The summed E-state index contributed by atoms with van der Waals surface area (Å²) in [6.45, 7) is 4.50. The molecular weight excluding hydrogens is 186 g/mol. The zero-order valence-electron chi connectivity index (χ0n) is 9.04. The van der Waals surface area contributed by atoms with Crippen molar-refractivity contribution in [3.05, 3.63) is 41.3 Å². The topological polar surface area (TPSA) is 54.7 Å². The fourth-order valence-corrected chi connectivity index (χ4v) is 1.64. The van der Waals surface area contributed by atoms with Crippen molar-refractivity contribution >= 4 is 0 Å². The summed E-state index contributed by atoms with van der Waals surface area (Å²) in [6.07, 6.45) is 0. The number of hydrogen-bond acceptors (Lipinski definition) is 2. The van der Waals surface area contributed by atoms with Gasteiger partial charge in [-0.2, -0.15) is 0 Å². The van der Waals surface area contributed by atoms with Crippen LogP contribution in [0, 0.1) is 13.8 Å². The number of nitrogens with two attached hydrogens (primary N) is 1. The maximum Gasteiger partial charge on any atom is 0.103 e. The van der Waals surface area contributed by atoms with Crippen LogP contribution >= 0.6 is 0 Å². The van der Waals surface area contributed by atoms with Crippen molar-refractivity contribution < 1.29 is 0 Å². The summed E-state index contributed by atoms with van der Waals surface area (Å²) in [7, 11) is 0. The fourth-order valence-electron chi connectivity index (χ4n) is 1.64. The molecule has 2 rings (SSSR count). The Morgan fingerprint density at radius 2 is 1.87 bits per heavy atom. The normalized spacial score (nSPS) is 10.6. The number of rotatable bonds is 2. The first-order chi connectivity index (χ1) is 7.20. The van der Waals surface area contributed by atoms with Crippen LogP contribution in [0.5, 0.6) is 0 Å². The van der Waals surface area contributed by atoms with Crippen molar-refractivity contribution in [2.24, 2.45) is 5.73 Å². The van der Waals surface area contributed by atoms with Crippen molar-refractivity contribution in [2.45, 2.75) is 20.4 Å². The van der Waals surface area contributed by atoms with Crippen LogP contribution < -0.4 is 5.73 Å². The zero-order chi connectivity index (χ0) is 10.8. The standard InChI is InChI=1S/C12H15N3/c1-8-3-5-10(6-4-8)12-11(7-13)14-9(2)15-12/h3-6H,7,13H2,1-2H3,(H,14,15). The molecule has 1 aromatic carbocycles. The van der Waals surface area contributed by atoms with Gasteiger partial charge < -0.3 is 10.7 Å². The Morgan fingerprint density at radius 3 is 2.47 bits per heavy atom. The summed E-state index contributed by atoms with van der Waals surface area (Å²) in [5.41, 5.74) is 9.99. The lowest BCUT2D eigenvalue weighted by Crippen LogP contribution is -1.98. The predicted octanol–water partition coefficient (Wildman–Crippen LogP) is 2.15. The Balaban J connectivity index is 2.48. The number of aryl methyl sites for hydroxylation is 2. The molecule has 0 aliphatic rings. The number of aromatic nitrogens is 2. The molecule has 1 aromatic heterocycles. The highest BCUT2D eigenvalue weighted by molar-refractivity contribution is 5.62. The summed E-state index contributed by atoms with van der Waals surface area (Å²) in [4.78, 5) is 7.62. The Labute approximate surface area is 89.4 Å². The molecule has 3 N–H and O–H groups in total. The molecule has 15 heavy (non-hydrogen) atoms. The molecule has 0 saturated carbocycles. The van der Waals surface area contributed by atoms with Gasteiger partial charge in [0, 0.05) is 12.1 Å². The minimum absolute atomic E-state index is 0.490. The summed E-state index contributed by atoms with van der Waals surface area (Å²) in [6, 6.07) is 8.31. The van der Waals surface area contributed by atoms with E-state index in [1.165, 1.54) is 5.56 Å². The van der Waals surface area contributed by atoms with Crippen LogP contribution in [0.3, 0.4) is 0 Å². The van der Waals surface area contributed by atoms with E-state index in [1.54, 1.807) is 0 Å². The van der Waals surface area contributed by atoms with Crippen LogP contribution in [0.4, 0.5) is 0 Å². The first-order valence-corrected chi connectivity index (χ1v) is 5.03. The van der Waals surface area contributed by atoms with Crippen LogP contribution in [0.25, 0.3) is 11.3 Å². The first kappa shape index (κ1) is 9.93. The smallest absolute Gasteiger partial charge is 0.103 e. The Bertz CT molecular complexity index is 454. The van der Waals surface area contributed by atoms with Gasteiger partial charge in [-0.15, -0.1) is 0 Å². The SMILES string of the molecule is Cc1ccc(-c2nc(C)[nH]c2CN)cc1. The molecule has 0 aliphatic carbocycles. The molecule has 0 radical (unpaired) electrons. The quantitative estimate of drug-likeness (QED) is 0.782. The van der Waals surface area contributed by atoms with Gasteiger partial charge in [-0.25, -0.2) is 4.98 Å². The summed E-state index contributed by atoms with van der Waals surface area (Å²) in [5, 5.41) is 0. The number of aromatic amines is 1. The third kappa shape index (κ3) is 1.92. The third-order valence-electron chi connectivity index (χ3n) is 2.43. The number of H-pyrrole nitrogens is 1. The second-order valence-corrected chi connectivity index (χ2v) is 3.72. The van der Waals surface area contributed by atoms with Gasteiger partial charge >= 0.3 is 0 Å². The number of nitrogens with one attached hydrogen (secondary N) is 1. The predicted molar refractivity (Wildman–Crippen MR) is 61.4 cm³/mol. The maximum absolute atomic E-state index is 5.66. The highest BCUT2D eigenvalue weighted by Crippen LogP contribution is 2.21. The third-order valence-corrected chi connectivity index (χ3v) is 2.43. The van der Waals surface area contributed by atoms with Crippen molar-refractivity contribution in [3.63, 3.8) is 0 Å². The second kappa shape index (κ2) is 3.87.